The zero-order valence-corrected chi connectivity index (χ0v) is 14.0. The lowest BCUT2D eigenvalue weighted by atomic mass is 10.1. The van der Waals surface area contributed by atoms with E-state index in [2.05, 4.69) is 10.6 Å². The van der Waals surface area contributed by atoms with Crippen LogP contribution in [-0.4, -0.2) is 31.3 Å². The predicted octanol–water partition coefficient (Wildman–Crippen LogP) is 1.94. The molecule has 0 aliphatic carbocycles. The highest BCUT2D eigenvalue weighted by Crippen LogP contribution is 2.15. The molecule has 2 rings (SSSR count). The number of benzene rings is 2. The summed E-state index contributed by atoms with van der Waals surface area (Å²) in [4.78, 5) is 34.6. The minimum Gasteiger partial charge on any atom is -0.483 e. The van der Waals surface area contributed by atoms with Crippen LogP contribution in [0.4, 0.5) is 0 Å². The summed E-state index contributed by atoms with van der Waals surface area (Å²) in [5, 5.41) is 5.45. The maximum atomic E-state index is 11.9. The lowest BCUT2D eigenvalue weighted by Gasteiger charge is -2.10. The number of amides is 2. The van der Waals surface area contributed by atoms with Crippen molar-refractivity contribution >= 4 is 18.1 Å². The lowest BCUT2D eigenvalue weighted by molar-refractivity contribution is -0.123. The number of hydrogen-bond acceptors (Lipinski definition) is 4. The first kappa shape index (κ1) is 18.2. The maximum Gasteiger partial charge on any atom is 0.258 e. The van der Waals surface area contributed by atoms with Crippen molar-refractivity contribution in [2.75, 3.05) is 13.2 Å². The Morgan fingerprint density at radius 1 is 1.08 bits per heavy atom. The van der Waals surface area contributed by atoms with E-state index in [1.165, 1.54) is 0 Å². The molecule has 25 heavy (non-hydrogen) atoms. The fraction of sp³-hybridized carbons (Fsp3) is 0.211. The van der Waals surface area contributed by atoms with Crippen LogP contribution in [0.5, 0.6) is 5.75 Å². The van der Waals surface area contributed by atoms with E-state index in [1.54, 1.807) is 42.5 Å². The molecule has 6 nitrogen and oxygen atoms in total. The van der Waals surface area contributed by atoms with Gasteiger partial charge in [0.1, 0.15) is 5.75 Å². The average Bonchev–Trinajstić information content (AvgIpc) is 2.65. The zero-order chi connectivity index (χ0) is 18.1. The fourth-order valence-electron chi connectivity index (χ4n) is 2.19. The normalized spacial score (nSPS) is 9.96. The zero-order valence-electron chi connectivity index (χ0n) is 14.0. The first-order valence-corrected chi connectivity index (χ1v) is 7.95. The SMILES string of the molecule is CCNC(=O)c1cccc(CNC(=O)COc2ccccc2C=O)c1. The third kappa shape index (κ3) is 5.46. The lowest BCUT2D eigenvalue weighted by Crippen LogP contribution is -2.28. The highest BCUT2D eigenvalue weighted by Gasteiger charge is 2.08. The number of rotatable bonds is 8. The number of hydrogen-bond donors (Lipinski definition) is 2. The number of nitrogens with one attached hydrogen (secondary N) is 2. The molecular formula is C19H20N2O4. The number of carbonyl (C=O) groups excluding carboxylic acids is 3. The van der Waals surface area contributed by atoms with Gasteiger partial charge in [0.15, 0.2) is 12.9 Å². The molecule has 0 bridgehead atoms. The van der Waals surface area contributed by atoms with Gasteiger partial charge in [-0.2, -0.15) is 0 Å². The quantitative estimate of drug-likeness (QED) is 0.719. The van der Waals surface area contributed by atoms with Crippen molar-refractivity contribution < 1.29 is 19.1 Å². The minimum absolute atomic E-state index is 0.149. The first-order chi connectivity index (χ1) is 12.1. The summed E-state index contributed by atoms with van der Waals surface area (Å²) in [6, 6.07) is 13.7. The molecule has 6 heteroatoms. The molecule has 0 heterocycles. The third-order valence-electron chi connectivity index (χ3n) is 3.42. The van der Waals surface area contributed by atoms with Crippen molar-refractivity contribution in [3.63, 3.8) is 0 Å². The molecule has 0 saturated carbocycles. The smallest absolute Gasteiger partial charge is 0.258 e. The summed E-state index contributed by atoms with van der Waals surface area (Å²) >= 11 is 0. The van der Waals surface area contributed by atoms with Crippen LogP contribution in [0, 0.1) is 0 Å². The molecule has 0 spiro atoms. The van der Waals surface area contributed by atoms with Gasteiger partial charge in [0.25, 0.3) is 11.8 Å². The molecule has 0 saturated heterocycles. The summed E-state index contributed by atoms with van der Waals surface area (Å²) < 4.78 is 5.36. The van der Waals surface area contributed by atoms with Crippen molar-refractivity contribution in [3.05, 3.63) is 65.2 Å². The minimum atomic E-state index is -0.316. The molecule has 130 valence electrons. The highest BCUT2D eigenvalue weighted by molar-refractivity contribution is 5.94. The molecule has 0 fully saturated rings. The van der Waals surface area contributed by atoms with Gasteiger partial charge in [0.2, 0.25) is 0 Å². The van der Waals surface area contributed by atoms with Crippen LogP contribution < -0.4 is 15.4 Å². The van der Waals surface area contributed by atoms with Crippen LogP contribution in [0.3, 0.4) is 0 Å². The highest BCUT2D eigenvalue weighted by atomic mass is 16.5. The van der Waals surface area contributed by atoms with Gasteiger partial charge in [-0.1, -0.05) is 24.3 Å². The van der Waals surface area contributed by atoms with Crippen molar-refractivity contribution in [2.24, 2.45) is 0 Å². The Balaban J connectivity index is 1.87. The topological polar surface area (TPSA) is 84.5 Å². The van der Waals surface area contributed by atoms with Crippen LogP contribution in [0.15, 0.2) is 48.5 Å². The predicted molar refractivity (Wildman–Crippen MR) is 93.6 cm³/mol. The molecule has 0 unspecified atom stereocenters. The Labute approximate surface area is 146 Å². The molecule has 0 aliphatic rings. The van der Waals surface area contributed by atoms with Crippen LogP contribution in [0.25, 0.3) is 0 Å². The second-order valence-electron chi connectivity index (χ2n) is 5.28. The Morgan fingerprint density at radius 3 is 2.64 bits per heavy atom. The first-order valence-electron chi connectivity index (χ1n) is 7.95. The number of aldehydes is 1. The van der Waals surface area contributed by atoms with E-state index in [0.717, 1.165) is 5.56 Å². The van der Waals surface area contributed by atoms with Crippen molar-refractivity contribution in [2.45, 2.75) is 13.5 Å². The molecule has 0 aromatic heterocycles. The summed E-state index contributed by atoms with van der Waals surface area (Å²) in [5.41, 5.74) is 1.75. The molecule has 2 aromatic rings. The fourth-order valence-corrected chi connectivity index (χ4v) is 2.19. The van der Waals surface area contributed by atoms with Gasteiger partial charge >= 0.3 is 0 Å². The summed E-state index contributed by atoms with van der Waals surface area (Å²) in [6.07, 6.45) is 0.681. The standard InChI is InChI=1S/C19H20N2O4/c1-2-20-19(24)15-8-5-6-14(10-15)11-21-18(23)13-25-17-9-4-3-7-16(17)12-22/h3-10,12H,2,11,13H2,1H3,(H,20,24)(H,21,23). The summed E-state index contributed by atoms with van der Waals surface area (Å²) in [6.45, 7) is 2.50. The second-order valence-corrected chi connectivity index (χ2v) is 5.28. The molecule has 2 aromatic carbocycles. The second kappa shape index (κ2) is 9.22. The molecule has 0 atom stereocenters. The average molecular weight is 340 g/mol. The van der Waals surface area contributed by atoms with Gasteiger partial charge in [0.05, 0.1) is 5.56 Å². The maximum absolute atomic E-state index is 11.9. The Kier molecular flexibility index (Phi) is 6.71. The van der Waals surface area contributed by atoms with Crippen LogP contribution in [0.1, 0.15) is 33.2 Å². The Hall–Kier alpha value is -3.15. The van der Waals surface area contributed by atoms with Crippen LogP contribution in [0.2, 0.25) is 0 Å². The number of ether oxygens (including phenoxy) is 1. The van der Waals surface area contributed by atoms with E-state index in [1.807, 2.05) is 13.0 Å². The van der Waals surface area contributed by atoms with Crippen LogP contribution >= 0.6 is 0 Å². The molecule has 2 amide bonds. The molecule has 0 radical (unpaired) electrons. The van der Waals surface area contributed by atoms with Crippen molar-refractivity contribution in [1.29, 1.82) is 0 Å². The molecule has 0 aliphatic heterocycles. The van der Waals surface area contributed by atoms with Gasteiger partial charge in [-0.25, -0.2) is 0 Å². The van der Waals surface area contributed by atoms with E-state index in [4.69, 9.17) is 4.74 Å². The van der Waals surface area contributed by atoms with Gasteiger partial charge in [-0.3, -0.25) is 14.4 Å². The van der Waals surface area contributed by atoms with E-state index < -0.39 is 0 Å². The Bertz CT molecular complexity index is 759. The summed E-state index contributed by atoms with van der Waals surface area (Å²) in [5.74, 6) is -0.0977. The van der Waals surface area contributed by atoms with E-state index in [9.17, 15) is 14.4 Å². The monoisotopic (exact) mass is 340 g/mol. The summed E-state index contributed by atoms with van der Waals surface area (Å²) in [7, 11) is 0. The van der Waals surface area contributed by atoms with Gasteiger partial charge in [0, 0.05) is 18.7 Å². The van der Waals surface area contributed by atoms with Crippen molar-refractivity contribution in [3.8, 4) is 5.75 Å². The molecule has 2 N–H and O–H groups in total. The van der Waals surface area contributed by atoms with Gasteiger partial charge in [-0.15, -0.1) is 0 Å². The largest absolute Gasteiger partial charge is 0.483 e. The molecular weight excluding hydrogens is 320 g/mol. The number of para-hydroxylation sites is 1. The third-order valence-corrected chi connectivity index (χ3v) is 3.42. The van der Waals surface area contributed by atoms with Gasteiger partial charge in [-0.05, 0) is 36.8 Å². The van der Waals surface area contributed by atoms with E-state index >= 15 is 0 Å². The van der Waals surface area contributed by atoms with E-state index in [-0.39, 0.29) is 25.0 Å². The van der Waals surface area contributed by atoms with Gasteiger partial charge < -0.3 is 15.4 Å². The van der Waals surface area contributed by atoms with Crippen molar-refractivity contribution in [1.82, 2.24) is 10.6 Å². The Morgan fingerprint density at radius 2 is 1.88 bits per heavy atom. The van der Waals surface area contributed by atoms with E-state index in [0.29, 0.717) is 29.7 Å². The number of carbonyl (C=O) groups is 3. The van der Waals surface area contributed by atoms with Crippen LogP contribution in [-0.2, 0) is 11.3 Å².